The van der Waals surface area contributed by atoms with Gasteiger partial charge < -0.3 is 30.7 Å². The molecule has 67 heavy (non-hydrogen) atoms. The number of alkyl halides is 6. The second-order valence-corrected chi connectivity index (χ2v) is 16.1. The zero-order chi connectivity index (χ0) is 48.8. The molecule has 2 aromatic carbocycles. The molecule has 0 bridgehead atoms. The Morgan fingerprint density at radius 3 is 1.46 bits per heavy atom. The van der Waals surface area contributed by atoms with Crippen molar-refractivity contribution in [2.75, 3.05) is 73.2 Å². The first-order valence-corrected chi connectivity index (χ1v) is 21.3. The molecule has 23 heteroatoms. The summed E-state index contributed by atoms with van der Waals surface area (Å²) in [6.07, 6.45) is -8.74. The highest BCUT2D eigenvalue weighted by molar-refractivity contribution is 6.29. The van der Waals surface area contributed by atoms with Crippen molar-refractivity contribution < 1.29 is 35.9 Å². The first-order chi connectivity index (χ1) is 31.5. The lowest BCUT2D eigenvalue weighted by Crippen LogP contribution is -2.48. The number of halogens is 7. The number of aryl methyl sites for hydroxylation is 4. The van der Waals surface area contributed by atoms with Gasteiger partial charge in [-0.1, -0.05) is 23.7 Å². The molecule has 0 unspecified atom stereocenters. The number of anilines is 5. The lowest BCUT2D eigenvalue weighted by Gasteiger charge is -2.35. The van der Waals surface area contributed by atoms with Crippen molar-refractivity contribution in [1.82, 2.24) is 49.3 Å². The van der Waals surface area contributed by atoms with Crippen LogP contribution in [0.4, 0.5) is 55.2 Å². The molecule has 2 amide bonds. The number of hydrogen-bond donors (Lipinski definition) is 2. The minimum atomic E-state index is -4.44. The van der Waals surface area contributed by atoms with E-state index in [0.29, 0.717) is 68.0 Å². The Bertz CT molecular complexity index is 2690. The quantitative estimate of drug-likeness (QED) is 0.0953. The predicted molar refractivity (Wildman–Crippen MR) is 242 cm³/mol. The van der Waals surface area contributed by atoms with Crippen LogP contribution in [0.2, 0.25) is 5.15 Å². The molecule has 3 N–H and O–H groups in total. The fourth-order valence-electron chi connectivity index (χ4n) is 7.19. The number of benzene rings is 2. The zero-order valence-electron chi connectivity index (χ0n) is 37.5. The number of amides is 2. The van der Waals surface area contributed by atoms with E-state index in [2.05, 4.69) is 40.3 Å². The molecule has 0 spiro atoms. The van der Waals surface area contributed by atoms with E-state index in [4.69, 9.17) is 17.3 Å². The number of carbonyl (C=O) groups is 2. The van der Waals surface area contributed by atoms with E-state index in [1.165, 1.54) is 18.2 Å². The predicted octanol–water partition coefficient (Wildman–Crippen LogP) is 7.60. The van der Waals surface area contributed by atoms with Gasteiger partial charge in [0.05, 0.1) is 22.5 Å². The molecule has 0 saturated carbocycles. The third-order valence-corrected chi connectivity index (χ3v) is 10.7. The number of nitrogens with two attached hydrogens (primary N) is 1. The summed E-state index contributed by atoms with van der Waals surface area (Å²) in [7, 11) is 0. The van der Waals surface area contributed by atoms with Crippen molar-refractivity contribution in [3.63, 3.8) is 0 Å². The maximum Gasteiger partial charge on any atom is 0.416 e. The molecular formula is C44H49ClF6N14O2. The van der Waals surface area contributed by atoms with Crippen LogP contribution in [0, 0.1) is 27.7 Å². The maximum absolute atomic E-state index is 13.1. The molecule has 0 radical (unpaired) electrons. The fraction of sp³-hybridized carbons (Fsp3) is 0.364. The van der Waals surface area contributed by atoms with Gasteiger partial charge in [0.2, 0.25) is 11.8 Å². The molecule has 2 aliphatic heterocycles. The van der Waals surface area contributed by atoms with Gasteiger partial charge in [0.15, 0.2) is 0 Å². The highest BCUT2D eigenvalue weighted by Crippen LogP contribution is 2.32. The highest BCUT2D eigenvalue weighted by atomic mass is 35.5. The van der Waals surface area contributed by atoms with Gasteiger partial charge in [0.1, 0.15) is 22.6 Å². The van der Waals surface area contributed by atoms with Gasteiger partial charge in [-0.3, -0.25) is 9.59 Å². The third-order valence-electron chi connectivity index (χ3n) is 10.5. The summed E-state index contributed by atoms with van der Waals surface area (Å²) in [5.41, 5.74) is 7.57. The average Bonchev–Trinajstić information content (AvgIpc) is 3.80. The summed E-state index contributed by atoms with van der Waals surface area (Å²) in [6.45, 7) is 15.9. The Hall–Kier alpha value is -6.97. The van der Waals surface area contributed by atoms with Crippen molar-refractivity contribution >= 4 is 52.2 Å². The van der Waals surface area contributed by atoms with Crippen molar-refractivity contribution in [2.45, 2.75) is 53.9 Å². The third kappa shape index (κ3) is 13.1. The van der Waals surface area contributed by atoms with E-state index in [9.17, 15) is 35.9 Å². The molecule has 4 aromatic heterocycles. The van der Waals surface area contributed by atoms with Crippen molar-refractivity contribution in [1.29, 1.82) is 0 Å². The summed E-state index contributed by atoms with van der Waals surface area (Å²) in [4.78, 5) is 48.9. The Labute approximate surface area is 387 Å². The van der Waals surface area contributed by atoms with E-state index in [1.54, 1.807) is 46.3 Å². The molecule has 0 aliphatic carbocycles. The van der Waals surface area contributed by atoms with Crippen LogP contribution in [0.25, 0.3) is 11.9 Å². The van der Waals surface area contributed by atoms with Crippen LogP contribution >= 0.6 is 11.6 Å². The monoisotopic (exact) mass is 954 g/mol. The molecular weight excluding hydrogens is 906 g/mol. The molecule has 8 rings (SSSR count). The van der Waals surface area contributed by atoms with Gasteiger partial charge in [-0.15, -0.1) is 0 Å². The number of aromatic nitrogens is 8. The summed E-state index contributed by atoms with van der Waals surface area (Å²) in [5, 5.41) is 12.2. The van der Waals surface area contributed by atoms with Crippen LogP contribution in [0.1, 0.15) is 47.8 Å². The van der Waals surface area contributed by atoms with Gasteiger partial charge in [-0.05, 0) is 76.2 Å². The normalized spacial score (nSPS) is 14.2. The van der Waals surface area contributed by atoms with E-state index in [-0.39, 0.29) is 23.2 Å². The topological polar surface area (TPSA) is 172 Å². The standard InChI is InChI=1S/C22H24F3N7O.C15H19ClN6O.C7H6F3N/c1-14-11-15(2)32(29-14)21-27-19(26-18-6-4-5-17(12-18)22(23,24)25)13-20(28-21)31-9-7-30(8-10-31)16(3)33;1-10-8-11(2)22(19-10)15-17-13(16)9-14(18-15)21-6-4-20(5-7-21)12(3)23;8-7(9,10)5-2-1-3-6(11)4-5/h4-6,11-13H,7-10H2,1-3H3,(H,26,27,28);8-9H,4-7H2,1-3H3;1-4H,11H2. The Balaban J connectivity index is 0.000000188. The van der Waals surface area contributed by atoms with E-state index >= 15 is 0 Å². The minimum Gasteiger partial charge on any atom is -0.399 e. The number of nitrogens with zero attached hydrogens (tertiary/aromatic N) is 12. The van der Waals surface area contributed by atoms with Gasteiger partial charge >= 0.3 is 12.4 Å². The van der Waals surface area contributed by atoms with Crippen molar-refractivity contribution in [3.05, 3.63) is 112 Å². The second kappa shape index (κ2) is 20.7. The fourth-order valence-corrected chi connectivity index (χ4v) is 7.37. The molecule has 0 atom stereocenters. The van der Waals surface area contributed by atoms with Gasteiger partial charge in [-0.2, -0.15) is 56.5 Å². The zero-order valence-corrected chi connectivity index (χ0v) is 38.2. The summed E-state index contributed by atoms with van der Waals surface area (Å²) in [6, 6.07) is 16.8. The Morgan fingerprint density at radius 1 is 0.597 bits per heavy atom. The lowest BCUT2D eigenvalue weighted by molar-refractivity contribution is -0.138. The first kappa shape index (κ1) is 49.5. The van der Waals surface area contributed by atoms with Crippen LogP contribution in [0.5, 0.6) is 0 Å². The van der Waals surface area contributed by atoms with Crippen LogP contribution in [0.3, 0.4) is 0 Å². The average molecular weight is 955 g/mol. The van der Waals surface area contributed by atoms with E-state index in [1.807, 2.05) is 49.6 Å². The van der Waals surface area contributed by atoms with Gasteiger partial charge in [0, 0.05) is 101 Å². The first-order valence-electron chi connectivity index (χ1n) is 20.9. The number of hydrogen-bond acceptors (Lipinski definition) is 12. The minimum absolute atomic E-state index is 0.0209. The van der Waals surface area contributed by atoms with Crippen molar-refractivity contribution in [2.24, 2.45) is 0 Å². The molecule has 2 aliphatic rings. The maximum atomic E-state index is 13.1. The number of rotatable bonds is 6. The molecule has 356 valence electrons. The Kier molecular flexibility index (Phi) is 15.3. The van der Waals surface area contributed by atoms with E-state index in [0.717, 1.165) is 65.9 Å². The molecule has 6 aromatic rings. The molecule has 2 saturated heterocycles. The molecule has 6 heterocycles. The van der Waals surface area contributed by atoms with Crippen LogP contribution in [-0.2, 0) is 21.9 Å². The SMILES string of the molecule is CC(=O)N1CCN(c2cc(Cl)nc(-n3nc(C)cc3C)n2)CC1.CC(=O)N1CCN(c2cc(Nc3cccc(C(F)(F)F)c3)nc(-n3nc(C)cc3C)n2)CC1.Nc1cccc(C(F)(F)F)c1. The molecule has 16 nitrogen and oxygen atoms in total. The summed E-state index contributed by atoms with van der Waals surface area (Å²) in [5.74, 6) is 2.60. The van der Waals surface area contributed by atoms with Crippen LogP contribution in [0.15, 0.2) is 72.8 Å². The highest BCUT2D eigenvalue weighted by Gasteiger charge is 2.31. The van der Waals surface area contributed by atoms with Crippen molar-refractivity contribution in [3.8, 4) is 11.9 Å². The van der Waals surface area contributed by atoms with Gasteiger partial charge in [-0.25, -0.2) is 9.36 Å². The van der Waals surface area contributed by atoms with Crippen LogP contribution < -0.4 is 20.9 Å². The smallest absolute Gasteiger partial charge is 0.399 e. The summed E-state index contributed by atoms with van der Waals surface area (Å²) < 4.78 is 78.4. The lowest BCUT2D eigenvalue weighted by atomic mass is 10.2. The number of nitrogen functional groups attached to an aromatic ring is 1. The second-order valence-electron chi connectivity index (χ2n) is 15.8. The largest absolute Gasteiger partial charge is 0.416 e. The Morgan fingerprint density at radius 2 is 1.04 bits per heavy atom. The van der Waals surface area contributed by atoms with Gasteiger partial charge in [0.25, 0.3) is 11.9 Å². The summed E-state index contributed by atoms with van der Waals surface area (Å²) >= 11 is 6.17. The number of nitrogens with one attached hydrogen (secondary N) is 1. The van der Waals surface area contributed by atoms with Crippen LogP contribution in [-0.4, -0.2) is 113 Å². The number of carbonyl (C=O) groups excluding carboxylic acids is 2. The number of piperazine rings is 2. The van der Waals surface area contributed by atoms with E-state index < -0.39 is 23.5 Å². The molecule has 2 fully saturated rings.